The molecule has 1 aromatic heterocycles. The predicted molar refractivity (Wildman–Crippen MR) is 68.4 cm³/mol. The summed E-state index contributed by atoms with van der Waals surface area (Å²) in [6.45, 7) is 0. The van der Waals surface area contributed by atoms with Gasteiger partial charge in [0, 0.05) is 17.0 Å². The Hall–Kier alpha value is -2.60. The first-order valence-corrected chi connectivity index (χ1v) is 5.27. The molecule has 0 unspecified atom stereocenters. The first-order valence-electron chi connectivity index (χ1n) is 5.27. The van der Waals surface area contributed by atoms with Crippen molar-refractivity contribution in [3.63, 3.8) is 0 Å². The Labute approximate surface area is 98.1 Å². The van der Waals surface area contributed by atoms with Crippen LogP contribution in [-0.2, 0) is 0 Å². The van der Waals surface area contributed by atoms with Crippen molar-refractivity contribution < 1.29 is 0 Å². The molecule has 0 bridgehead atoms. The van der Waals surface area contributed by atoms with Crippen LogP contribution in [-0.4, -0.2) is 4.98 Å². The molecule has 0 amide bonds. The summed E-state index contributed by atoms with van der Waals surface area (Å²) in [6.07, 6.45) is 1.53. The van der Waals surface area contributed by atoms with Gasteiger partial charge in [0.1, 0.15) is 6.07 Å². The van der Waals surface area contributed by atoms with Gasteiger partial charge >= 0.3 is 0 Å². The summed E-state index contributed by atoms with van der Waals surface area (Å²) in [5.74, 6) is 0. The van der Waals surface area contributed by atoms with E-state index in [-0.39, 0.29) is 0 Å². The van der Waals surface area contributed by atoms with E-state index in [9.17, 15) is 0 Å². The van der Waals surface area contributed by atoms with Gasteiger partial charge in [-0.3, -0.25) is 4.98 Å². The third-order valence-electron chi connectivity index (χ3n) is 2.92. The number of nitriles is 1. The van der Waals surface area contributed by atoms with E-state index in [2.05, 4.69) is 4.98 Å². The van der Waals surface area contributed by atoms with E-state index in [1.807, 2.05) is 42.5 Å². The van der Waals surface area contributed by atoms with Crippen LogP contribution in [0.15, 0.2) is 42.6 Å². The first kappa shape index (κ1) is 9.61. The molecule has 0 aliphatic heterocycles. The number of hydrogen-bond donors (Lipinski definition) is 1. The highest BCUT2D eigenvalue weighted by Crippen LogP contribution is 2.28. The smallest absolute Gasteiger partial charge is 0.103 e. The van der Waals surface area contributed by atoms with E-state index in [1.54, 1.807) is 0 Å². The van der Waals surface area contributed by atoms with E-state index in [4.69, 9.17) is 11.0 Å². The molecule has 0 fully saturated rings. The van der Waals surface area contributed by atoms with Crippen LogP contribution in [0.1, 0.15) is 5.56 Å². The average Bonchev–Trinajstić information content (AvgIpc) is 2.39. The van der Waals surface area contributed by atoms with Gasteiger partial charge in [-0.15, -0.1) is 0 Å². The van der Waals surface area contributed by atoms with Gasteiger partial charge in [0.05, 0.1) is 16.8 Å². The SMILES string of the molecule is N#Cc1cnc2c(ccc3ccccc32)c1N. The van der Waals surface area contributed by atoms with Crippen LogP contribution < -0.4 is 5.73 Å². The molecule has 0 spiro atoms. The molecule has 0 radical (unpaired) electrons. The molecule has 2 aromatic carbocycles. The highest BCUT2D eigenvalue weighted by molar-refractivity contribution is 6.09. The third kappa shape index (κ3) is 1.31. The predicted octanol–water partition coefficient (Wildman–Crippen LogP) is 2.84. The van der Waals surface area contributed by atoms with Crippen LogP contribution >= 0.6 is 0 Å². The van der Waals surface area contributed by atoms with E-state index in [0.717, 1.165) is 21.7 Å². The lowest BCUT2D eigenvalue weighted by molar-refractivity contribution is 1.38. The lowest BCUT2D eigenvalue weighted by Gasteiger charge is -2.06. The molecular formula is C14H9N3. The van der Waals surface area contributed by atoms with E-state index < -0.39 is 0 Å². The van der Waals surface area contributed by atoms with Gasteiger partial charge in [-0.05, 0) is 5.39 Å². The molecule has 0 aliphatic rings. The second kappa shape index (κ2) is 3.46. The number of nitrogens with zero attached hydrogens (tertiary/aromatic N) is 2. The van der Waals surface area contributed by atoms with Crippen LogP contribution in [0.5, 0.6) is 0 Å². The maximum Gasteiger partial charge on any atom is 0.103 e. The molecule has 80 valence electrons. The van der Waals surface area contributed by atoms with Crippen molar-refractivity contribution in [3.05, 3.63) is 48.2 Å². The van der Waals surface area contributed by atoms with Gasteiger partial charge in [-0.25, -0.2) is 0 Å². The average molecular weight is 219 g/mol. The van der Waals surface area contributed by atoms with E-state index in [1.165, 1.54) is 6.20 Å². The van der Waals surface area contributed by atoms with Crippen molar-refractivity contribution in [2.45, 2.75) is 0 Å². The van der Waals surface area contributed by atoms with Crippen molar-refractivity contribution in [3.8, 4) is 6.07 Å². The van der Waals surface area contributed by atoms with Gasteiger partial charge in [0.25, 0.3) is 0 Å². The molecule has 3 heteroatoms. The fraction of sp³-hybridized carbons (Fsp3) is 0. The fourth-order valence-electron chi connectivity index (χ4n) is 2.04. The van der Waals surface area contributed by atoms with Crippen LogP contribution in [0.25, 0.3) is 21.7 Å². The topological polar surface area (TPSA) is 62.7 Å². The molecular weight excluding hydrogens is 210 g/mol. The maximum absolute atomic E-state index is 8.92. The molecule has 0 atom stereocenters. The number of aromatic nitrogens is 1. The molecule has 3 nitrogen and oxygen atoms in total. The Morgan fingerprint density at radius 2 is 1.88 bits per heavy atom. The summed E-state index contributed by atoms with van der Waals surface area (Å²) in [6, 6.07) is 14.0. The lowest BCUT2D eigenvalue weighted by atomic mass is 10.0. The minimum Gasteiger partial charge on any atom is -0.397 e. The van der Waals surface area contributed by atoms with E-state index in [0.29, 0.717) is 11.3 Å². The summed E-state index contributed by atoms with van der Waals surface area (Å²) < 4.78 is 0. The summed E-state index contributed by atoms with van der Waals surface area (Å²) in [7, 11) is 0. The molecule has 0 aliphatic carbocycles. The number of anilines is 1. The molecule has 3 aromatic rings. The van der Waals surface area contributed by atoms with Gasteiger partial charge in [0.15, 0.2) is 0 Å². The lowest BCUT2D eigenvalue weighted by Crippen LogP contribution is -1.94. The monoisotopic (exact) mass is 219 g/mol. The summed E-state index contributed by atoms with van der Waals surface area (Å²) in [4.78, 5) is 4.34. The summed E-state index contributed by atoms with van der Waals surface area (Å²) in [5.41, 5.74) is 7.73. The molecule has 17 heavy (non-hydrogen) atoms. The zero-order valence-corrected chi connectivity index (χ0v) is 9.01. The maximum atomic E-state index is 8.92. The van der Waals surface area contributed by atoms with Gasteiger partial charge < -0.3 is 5.73 Å². The van der Waals surface area contributed by atoms with Crippen molar-refractivity contribution in [1.29, 1.82) is 5.26 Å². The number of hydrogen-bond acceptors (Lipinski definition) is 3. The first-order chi connectivity index (χ1) is 8.31. The molecule has 1 heterocycles. The third-order valence-corrected chi connectivity index (χ3v) is 2.92. The second-order valence-corrected chi connectivity index (χ2v) is 3.88. The van der Waals surface area contributed by atoms with Crippen molar-refractivity contribution in [2.24, 2.45) is 0 Å². The molecule has 2 N–H and O–H groups in total. The zero-order valence-electron chi connectivity index (χ0n) is 9.01. The van der Waals surface area contributed by atoms with Crippen LogP contribution in [0, 0.1) is 11.3 Å². The van der Waals surface area contributed by atoms with Gasteiger partial charge in [-0.2, -0.15) is 5.26 Å². The normalized spacial score (nSPS) is 10.5. The van der Waals surface area contributed by atoms with Crippen LogP contribution in [0.2, 0.25) is 0 Å². The minimum absolute atomic E-state index is 0.424. The van der Waals surface area contributed by atoms with Crippen LogP contribution in [0.4, 0.5) is 5.69 Å². The van der Waals surface area contributed by atoms with E-state index >= 15 is 0 Å². The Balaban J connectivity index is 2.54. The van der Waals surface area contributed by atoms with Crippen molar-refractivity contribution in [2.75, 3.05) is 5.73 Å². The van der Waals surface area contributed by atoms with Gasteiger partial charge in [0.2, 0.25) is 0 Å². The quantitative estimate of drug-likeness (QED) is 0.591. The molecule has 0 saturated carbocycles. The van der Waals surface area contributed by atoms with Crippen molar-refractivity contribution >= 4 is 27.4 Å². The number of pyridine rings is 1. The summed E-state index contributed by atoms with van der Waals surface area (Å²) >= 11 is 0. The van der Waals surface area contributed by atoms with Crippen molar-refractivity contribution in [1.82, 2.24) is 4.98 Å². The highest BCUT2D eigenvalue weighted by Gasteiger charge is 2.07. The number of fused-ring (bicyclic) bond motifs is 3. The summed E-state index contributed by atoms with van der Waals surface area (Å²) in [5, 5.41) is 11.9. The standard InChI is InChI=1S/C14H9N3/c15-7-10-8-17-14-11-4-2-1-3-9(11)5-6-12(14)13(10)16/h1-6,8H,(H2,16,17). The minimum atomic E-state index is 0.424. The Morgan fingerprint density at radius 3 is 2.71 bits per heavy atom. The fourth-order valence-corrected chi connectivity index (χ4v) is 2.04. The Bertz CT molecular complexity index is 769. The zero-order chi connectivity index (χ0) is 11.8. The number of rotatable bonds is 0. The molecule has 0 saturated heterocycles. The number of nitrogen functional groups attached to an aromatic ring is 1. The number of benzene rings is 2. The Kier molecular flexibility index (Phi) is 1.96. The Morgan fingerprint density at radius 1 is 1.06 bits per heavy atom. The number of nitrogens with two attached hydrogens (primary N) is 1. The highest BCUT2D eigenvalue weighted by atomic mass is 14.7. The molecule has 3 rings (SSSR count). The van der Waals surface area contributed by atoms with Gasteiger partial charge in [-0.1, -0.05) is 36.4 Å². The van der Waals surface area contributed by atoms with Crippen LogP contribution in [0.3, 0.4) is 0 Å². The second-order valence-electron chi connectivity index (χ2n) is 3.88. The largest absolute Gasteiger partial charge is 0.397 e.